The lowest BCUT2D eigenvalue weighted by molar-refractivity contribution is 0.0469. The molecule has 122 valence electrons. The summed E-state index contributed by atoms with van der Waals surface area (Å²) in [6, 6.07) is 6.67. The highest BCUT2D eigenvalue weighted by molar-refractivity contribution is 6.30. The highest BCUT2D eigenvalue weighted by Gasteiger charge is 2.25. The lowest BCUT2D eigenvalue weighted by atomic mass is 10.1. The molecule has 0 saturated carbocycles. The van der Waals surface area contributed by atoms with Crippen molar-refractivity contribution in [1.29, 1.82) is 0 Å². The monoisotopic (exact) mass is 326 g/mol. The molecule has 5 nitrogen and oxygen atoms in total. The predicted octanol–water partition coefficient (Wildman–Crippen LogP) is 3.37. The maximum absolute atomic E-state index is 12.0. The number of nitrogens with one attached hydrogen (secondary N) is 2. The molecule has 6 heteroatoms. The summed E-state index contributed by atoms with van der Waals surface area (Å²) in [5.41, 5.74) is -0.735. The lowest BCUT2D eigenvalue weighted by Gasteiger charge is -2.28. The number of hydrogen-bond donors (Lipinski definition) is 2. The molecule has 0 aliphatic carbocycles. The van der Waals surface area contributed by atoms with Crippen LogP contribution in [0.2, 0.25) is 5.02 Å². The average Bonchev–Trinajstić information content (AvgIpc) is 2.33. The lowest BCUT2D eigenvalue weighted by Crippen LogP contribution is -2.52. The Bertz CT molecular complexity index is 551. The molecule has 22 heavy (non-hydrogen) atoms. The van der Waals surface area contributed by atoms with E-state index in [0.29, 0.717) is 10.6 Å². The SMILES string of the molecule is CC(C)(CNC(=O)c1cccc(Cl)c1)NC(=O)OC(C)(C)C. The molecule has 0 aliphatic heterocycles. The molecular formula is C16H23ClN2O3. The third kappa shape index (κ3) is 6.80. The molecule has 0 bridgehead atoms. The van der Waals surface area contributed by atoms with Crippen molar-refractivity contribution in [2.75, 3.05) is 6.54 Å². The summed E-state index contributed by atoms with van der Waals surface area (Å²) in [5, 5.41) is 5.99. The predicted molar refractivity (Wildman–Crippen MR) is 87.2 cm³/mol. The second-order valence-electron chi connectivity index (χ2n) is 6.70. The van der Waals surface area contributed by atoms with Gasteiger partial charge in [0.25, 0.3) is 5.91 Å². The van der Waals surface area contributed by atoms with Gasteiger partial charge >= 0.3 is 6.09 Å². The quantitative estimate of drug-likeness (QED) is 0.891. The van der Waals surface area contributed by atoms with Crippen LogP contribution < -0.4 is 10.6 Å². The first kappa shape index (κ1) is 18.3. The van der Waals surface area contributed by atoms with Crippen molar-refractivity contribution in [2.24, 2.45) is 0 Å². The van der Waals surface area contributed by atoms with Crippen molar-refractivity contribution in [3.63, 3.8) is 0 Å². The Labute approximate surface area is 136 Å². The first-order chi connectivity index (χ1) is 9.98. The molecule has 1 aromatic carbocycles. The number of amides is 2. The summed E-state index contributed by atoms with van der Waals surface area (Å²) < 4.78 is 5.20. The summed E-state index contributed by atoms with van der Waals surface area (Å²) in [7, 11) is 0. The molecule has 0 spiro atoms. The Balaban J connectivity index is 2.55. The van der Waals surface area contributed by atoms with Crippen LogP contribution in [0.3, 0.4) is 0 Å². The van der Waals surface area contributed by atoms with Gasteiger partial charge in [-0.15, -0.1) is 0 Å². The molecule has 0 aliphatic rings. The van der Waals surface area contributed by atoms with E-state index in [1.54, 1.807) is 58.9 Å². The van der Waals surface area contributed by atoms with Crippen molar-refractivity contribution >= 4 is 23.6 Å². The third-order valence-corrected chi connectivity index (χ3v) is 2.85. The molecule has 0 atom stereocenters. The highest BCUT2D eigenvalue weighted by Crippen LogP contribution is 2.11. The third-order valence-electron chi connectivity index (χ3n) is 2.62. The molecule has 0 fully saturated rings. The largest absolute Gasteiger partial charge is 0.444 e. The fourth-order valence-corrected chi connectivity index (χ4v) is 1.85. The average molecular weight is 327 g/mol. The Morgan fingerprint density at radius 1 is 1.18 bits per heavy atom. The zero-order chi connectivity index (χ0) is 17.0. The van der Waals surface area contributed by atoms with Crippen molar-refractivity contribution in [2.45, 2.75) is 45.8 Å². The van der Waals surface area contributed by atoms with Crippen LogP contribution in [0.15, 0.2) is 24.3 Å². The van der Waals surface area contributed by atoms with Crippen LogP contribution in [0.25, 0.3) is 0 Å². The molecule has 1 aromatic rings. The molecule has 0 saturated heterocycles. The number of benzene rings is 1. The minimum absolute atomic E-state index is 0.249. The Hall–Kier alpha value is -1.75. The van der Waals surface area contributed by atoms with Crippen LogP contribution in [-0.2, 0) is 4.74 Å². The van der Waals surface area contributed by atoms with E-state index in [4.69, 9.17) is 16.3 Å². The molecule has 1 rings (SSSR count). The van der Waals surface area contributed by atoms with E-state index in [0.717, 1.165) is 0 Å². The first-order valence-corrected chi connectivity index (χ1v) is 7.41. The standard InChI is InChI=1S/C16H23ClN2O3/c1-15(2,3)22-14(21)19-16(4,5)10-18-13(20)11-7-6-8-12(17)9-11/h6-9H,10H2,1-5H3,(H,18,20)(H,19,21). The van der Waals surface area contributed by atoms with Crippen LogP contribution in [0.1, 0.15) is 45.0 Å². The van der Waals surface area contributed by atoms with Crippen LogP contribution in [0.4, 0.5) is 4.79 Å². The molecule has 0 aromatic heterocycles. The number of carbonyl (C=O) groups is 2. The second kappa shape index (κ2) is 7.01. The first-order valence-electron chi connectivity index (χ1n) is 7.03. The zero-order valence-electron chi connectivity index (χ0n) is 13.6. The fourth-order valence-electron chi connectivity index (χ4n) is 1.66. The van der Waals surface area contributed by atoms with Gasteiger partial charge in [-0.25, -0.2) is 4.79 Å². The number of rotatable bonds is 4. The number of halogens is 1. The summed E-state index contributed by atoms with van der Waals surface area (Å²) in [4.78, 5) is 23.8. The summed E-state index contributed by atoms with van der Waals surface area (Å²) in [6.07, 6.45) is -0.519. The van der Waals surface area contributed by atoms with Gasteiger partial charge in [0.05, 0.1) is 5.54 Å². The van der Waals surface area contributed by atoms with E-state index in [1.165, 1.54) is 0 Å². The van der Waals surface area contributed by atoms with Gasteiger partial charge in [-0.2, -0.15) is 0 Å². The summed E-state index contributed by atoms with van der Waals surface area (Å²) >= 11 is 5.86. The van der Waals surface area contributed by atoms with E-state index in [2.05, 4.69) is 10.6 Å². The summed E-state index contributed by atoms with van der Waals surface area (Å²) in [5.74, 6) is -0.249. The smallest absolute Gasteiger partial charge is 0.408 e. The van der Waals surface area contributed by atoms with Gasteiger partial charge < -0.3 is 15.4 Å². The number of carbonyl (C=O) groups excluding carboxylic acids is 2. The Morgan fingerprint density at radius 2 is 1.82 bits per heavy atom. The molecule has 0 unspecified atom stereocenters. The second-order valence-corrected chi connectivity index (χ2v) is 7.14. The fraction of sp³-hybridized carbons (Fsp3) is 0.500. The van der Waals surface area contributed by atoms with Gasteiger partial charge in [-0.3, -0.25) is 4.79 Å². The van der Waals surface area contributed by atoms with Crippen LogP contribution in [-0.4, -0.2) is 29.7 Å². The molecule has 0 heterocycles. The van der Waals surface area contributed by atoms with Gasteiger partial charge in [0.2, 0.25) is 0 Å². The molecule has 2 N–H and O–H groups in total. The van der Waals surface area contributed by atoms with Crippen molar-refractivity contribution in [3.8, 4) is 0 Å². The molecule has 0 radical (unpaired) electrons. The minimum atomic E-state index is -0.642. The number of alkyl carbamates (subject to hydrolysis) is 1. The van der Waals surface area contributed by atoms with Gasteiger partial charge in [0.1, 0.15) is 5.60 Å². The van der Waals surface area contributed by atoms with E-state index >= 15 is 0 Å². The van der Waals surface area contributed by atoms with Crippen molar-refractivity contribution in [1.82, 2.24) is 10.6 Å². The Kier molecular flexibility index (Phi) is 5.83. The number of ether oxygens (including phenoxy) is 1. The maximum atomic E-state index is 12.0. The topological polar surface area (TPSA) is 67.4 Å². The van der Waals surface area contributed by atoms with E-state index in [1.807, 2.05) is 0 Å². The van der Waals surface area contributed by atoms with E-state index in [-0.39, 0.29) is 12.5 Å². The van der Waals surface area contributed by atoms with Crippen LogP contribution in [0, 0.1) is 0 Å². The minimum Gasteiger partial charge on any atom is -0.444 e. The normalized spacial score (nSPS) is 11.7. The van der Waals surface area contributed by atoms with Crippen molar-refractivity contribution in [3.05, 3.63) is 34.9 Å². The van der Waals surface area contributed by atoms with Crippen LogP contribution >= 0.6 is 11.6 Å². The maximum Gasteiger partial charge on any atom is 0.408 e. The highest BCUT2D eigenvalue weighted by atomic mass is 35.5. The van der Waals surface area contributed by atoms with E-state index in [9.17, 15) is 9.59 Å². The van der Waals surface area contributed by atoms with Crippen LogP contribution in [0.5, 0.6) is 0 Å². The van der Waals surface area contributed by atoms with Gasteiger partial charge in [-0.1, -0.05) is 17.7 Å². The number of hydrogen-bond acceptors (Lipinski definition) is 3. The van der Waals surface area contributed by atoms with Gasteiger partial charge in [-0.05, 0) is 52.8 Å². The van der Waals surface area contributed by atoms with Gasteiger partial charge in [0, 0.05) is 17.1 Å². The molecular weight excluding hydrogens is 304 g/mol. The van der Waals surface area contributed by atoms with Crippen molar-refractivity contribution < 1.29 is 14.3 Å². The van der Waals surface area contributed by atoms with E-state index < -0.39 is 17.2 Å². The molecule has 2 amide bonds. The van der Waals surface area contributed by atoms with Gasteiger partial charge in [0.15, 0.2) is 0 Å². The zero-order valence-corrected chi connectivity index (χ0v) is 14.4. The Morgan fingerprint density at radius 3 is 2.36 bits per heavy atom. The summed E-state index contributed by atoms with van der Waals surface area (Å²) in [6.45, 7) is 9.24.